The SMILES string of the molecule is C=COCCCNCc1cccc(OC(C)C)c1. The topological polar surface area (TPSA) is 30.5 Å². The first-order valence-corrected chi connectivity index (χ1v) is 6.41. The van der Waals surface area contributed by atoms with E-state index < -0.39 is 0 Å². The van der Waals surface area contributed by atoms with Gasteiger partial charge >= 0.3 is 0 Å². The van der Waals surface area contributed by atoms with Crippen LogP contribution in [0, 0.1) is 0 Å². The van der Waals surface area contributed by atoms with Crippen molar-refractivity contribution in [2.45, 2.75) is 32.9 Å². The van der Waals surface area contributed by atoms with E-state index >= 15 is 0 Å². The summed E-state index contributed by atoms with van der Waals surface area (Å²) in [7, 11) is 0. The lowest BCUT2D eigenvalue weighted by molar-refractivity contribution is 0.241. The van der Waals surface area contributed by atoms with Crippen molar-refractivity contribution in [2.24, 2.45) is 0 Å². The second-order valence-electron chi connectivity index (χ2n) is 4.38. The first-order valence-electron chi connectivity index (χ1n) is 6.41. The highest BCUT2D eigenvalue weighted by molar-refractivity contribution is 5.28. The van der Waals surface area contributed by atoms with Crippen molar-refractivity contribution < 1.29 is 9.47 Å². The van der Waals surface area contributed by atoms with Crippen LogP contribution in [0.2, 0.25) is 0 Å². The van der Waals surface area contributed by atoms with Crippen LogP contribution < -0.4 is 10.1 Å². The highest BCUT2D eigenvalue weighted by Crippen LogP contribution is 2.14. The fraction of sp³-hybridized carbons (Fsp3) is 0.467. The molecule has 1 aromatic carbocycles. The normalized spacial score (nSPS) is 10.4. The molecule has 0 fully saturated rings. The van der Waals surface area contributed by atoms with Gasteiger partial charge in [0.05, 0.1) is 19.0 Å². The van der Waals surface area contributed by atoms with E-state index in [9.17, 15) is 0 Å². The molecule has 0 amide bonds. The van der Waals surface area contributed by atoms with Crippen LogP contribution >= 0.6 is 0 Å². The molecule has 3 nitrogen and oxygen atoms in total. The van der Waals surface area contributed by atoms with Crippen LogP contribution in [0.15, 0.2) is 37.1 Å². The summed E-state index contributed by atoms with van der Waals surface area (Å²) >= 11 is 0. The summed E-state index contributed by atoms with van der Waals surface area (Å²) in [5.41, 5.74) is 1.23. The average molecular weight is 249 g/mol. The average Bonchev–Trinajstić information content (AvgIpc) is 2.33. The molecule has 3 heteroatoms. The van der Waals surface area contributed by atoms with Crippen LogP contribution in [0.5, 0.6) is 5.75 Å². The van der Waals surface area contributed by atoms with Crippen molar-refractivity contribution in [1.82, 2.24) is 5.32 Å². The summed E-state index contributed by atoms with van der Waals surface area (Å²) < 4.78 is 10.7. The van der Waals surface area contributed by atoms with E-state index in [2.05, 4.69) is 24.0 Å². The number of nitrogens with one attached hydrogen (secondary N) is 1. The molecule has 0 heterocycles. The van der Waals surface area contributed by atoms with Crippen molar-refractivity contribution in [1.29, 1.82) is 0 Å². The Kier molecular flexibility index (Phi) is 6.96. The molecule has 1 rings (SSSR count). The molecule has 0 saturated heterocycles. The van der Waals surface area contributed by atoms with E-state index in [1.54, 1.807) is 0 Å². The predicted octanol–water partition coefficient (Wildman–Crippen LogP) is 3.11. The molecular formula is C15H23NO2. The highest BCUT2D eigenvalue weighted by Gasteiger charge is 1.99. The summed E-state index contributed by atoms with van der Waals surface area (Å²) in [6.45, 7) is 10.1. The first-order chi connectivity index (χ1) is 8.72. The molecule has 18 heavy (non-hydrogen) atoms. The molecule has 0 aliphatic heterocycles. The van der Waals surface area contributed by atoms with Crippen LogP contribution in [-0.4, -0.2) is 19.3 Å². The molecule has 0 unspecified atom stereocenters. The largest absolute Gasteiger partial charge is 0.502 e. The molecule has 0 spiro atoms. The smallest absolute Gasteiger partial charge is 0.120 e. The van der Waals surface area contributed by atoms with Crippen molar-refractivity contribution >= 4 is 0 Å². The van der Waals surface area contributed by atoms with Gasteiger partial charge in [0.2, 0.25) is 0 Å². The molecule has 1 N–H and O–H groups in total. The third-order valence-electron chi connectivity index (χ3n) is 2.33. The van der Waals surface area contributed by atoms with Crippen LogP contribution in [0.1, 0.15) is 25.8 Å². The maximum absolute atomic E-state index is 5.66. The quantitative estimate of drug-likeness (QED) is 0.539. The third-order valence-corrected chi connectivity index (χ3v) is 2.33. The molecule has 0 bridgehead atoms. The Balaban J connectivity index is 2.27. The van der Waals surface area contributed by atoms with E-state index in [4.69, 9.17) is 9.47 Å². The number of rotatable bonds is 9. The second-order valence-corrected chi connectivity index (χ2v) is 4.38. The van der Waals surface area contributed by atoms with E-state index in [-0.39, 0.29) is 6.10 Å². The molecule has 0 aromatic heterocycles. The highest BCUT2D eigenvalue weighted by atomic mass is 16.5. The van der Waals surface area contributed by atoms with Gasteiger partial charge in [-0.05, 0) is 44.5 Å². The van der Waals surface area contributed by atoms with Crippen molar-refractivity contribution in [3.8, 4) is 5.75 Å². The summed E-state index contributed by atoms with van der Waals surface area (Å²) in [5, 5.41) is 3.37. The van der Waals surface area contributed by atoms with Gasteiger partial charge in [-0.15, -0.1) is 0 Å². The van der Waals surface area contributed by atoms with Gasteiger partial charge in [0.1, 0.15) is 5.75 Å². The Bertz CT molecular complexity index is 350. The molecular weight excluding hydrogens is 226 g/mol. The number of hydrogen-bond donors (Lipinski definition) is 1. The number of benzene rings is 1. The van der Waals surface area contributed by atoms with Crippen molar-refractivity contribution in [2.75, 3.05) is 13.2 Å². The predicted molar refractivity (Wildman–Crippen MR) is 74.7 cm³/mol. The maximum Gasteiger partial charge on any atom is 0.120 e. The minimum absolute atomic E-state index is 0.212. The number of ether oxygens (including phenoxy) is 2. The Morgan fingerprint density at radius 2 is 2.22 bits per heavy atom. The monoisotopic (exact) mass is 249 g/mol. The van der Waals surface area contributed by atoms with Crippen LogP contribution in [0.4, 0.5) is 0 Å². The van der Waals surface area contributed by atoms with Crippen molar-refractivity contribution in [3.05, 3.63) is 42.7 Å². The van der Waals surface area contributed by atoms with Gasteiger partial charge in [0.15, 0.2) is 0 Å². The molecule has 0 aliphatic rings. The summed E-state index contributed by atoms with van der Waals surface area (Å²) in [6.07, 6.45) is 2.67. The first kappa shape index (κ1) is 14.6. The van der Waals surface area contributed by atoms with Gasteiger partial charge in [-0.25, -0.2) is 0 Å². The van der Waals surface area contributed by atoms with E-state index in [0.717, 1.165) is 25.3 Å². The van der Waals surface area contributed by atoms with Gasteiger partial charge in [-0.2, -0.15) is 0 Å². The van der Waals surface area contributed by atoms with Gasteiger partial charge in [0, 0.05) is 6.54 Å². The fourth-order valence-corrected chi connectivity index (χ4v) is 1.60. The second kappa shape index (κ2) is 8.59. The zero-order valence-electron chi connectivity index (χ0n) is 11.3. The Hall–Kier alpha value is -1.48. The molecule has 0 atom stereocenters. The van der Waals surface area contributed by atoms with Gasteiger partial charge in [0.25, 0.3) is 0 Å². The molecule has 0 radical (unpaired) electrons. The Morgan fingerprint density at radius 3 is 2.94 bits per heavy atom. The lowest BCUT2D eigenvalue weighted by Crippen LogP contribution is -2.16. The van der Waals surface area contributed by atoms with E-state index in [0.29, 0.717) is 6.61 Å². The molecule has 100 valence electrons. The zero-order valence-corrected chi connectivity index (χ0v) is 11.3. The van der Waals surface area contributed by atoms with Crippen LogP contribution in [-0.2, 0) is 11.3 Å². The van der Waals surface area contributed by atoms with Gasteiger partial charge in [-0.3, -0.25) is 0 Å². The molecule has 0 saturated carbocycles. The Morgan fingerprint density at radius 1 is 1.39 bits per heavy atom. The maximum atomic E-state index is 5.66. The third kappa shape index (κ3) is 6.30. The van der Waals surface area contributed by atoms with Gasteiger partial charge in [-0.1, -0.05) is 18.7 Å². The minimum Gasteiger partial charge on any atom is -0.502 e. The lowest BCUT2D eigenvalue weighted by Gasteiger charge is -2.11. The number of hydrogen-bond acceptors (Lipinski definition) is 3. The van der Waals surface area contributed by atoms with E-state index in [1.807, 2.05) is 26.0 Å². The standard InChI is InChI=1S/C15H23NO2/c1-4-17-10-6-9-16-12-14-7-5-8-15(11-14)18-13(2)3/h4-5,7-8,11,13,16H,1,6,9-10,12H2,2-3H3. The Labute approximate surface area is 110 Å². The van der Waals surface area contributed by atoms with Crippen LogP contribution in [0.3, 0.4) is 0 Å². The lowest BCUT2D eigenvalue weighted by atomic mass is 10.2. The summed E-state index contributed by atoms with van der Waals surface area (Å²) in [6, 6.07) is 8.19. The molecule has 0 aliphatic carbocycles. The van der Waals surface area contributed by atoms with Gasteiger partial charge < -0.3 is 14.8 Å². The van der Waals surface area contributed by atoms with Crippen LogP contribution in [0.25, 0.3) is 0 Å². The van der Waals surface area contributed by atoms with Crippen molar-refractivity contribution in [3.63, 3.8) is 0 Å². The summed E-state index contributed by atoms with van der Waals surface area (Å²) in [4.78, 5) is 0. The fourth-order valence-electron chi connectivity index (χ4n) is 1.60. The molecule has 1 aromatic rings. The minimum atomic E-state index is 0.212. The van der Waals surface area contributed by atoms with E-state index in [1.165, 1.54) is 11.8 Å². The zero-order chi connectivity index (χ0) is 13.2. The summed E-state index contributed by atoms with van der Waals surface area (Å²) in [5.74, 6) is 0.930.